The molecule has 1 saturated carbocycles. The third-order valence-electron chi connectivity index (χ3n) is 3.10. The van der Waals surface area contributed by atoms with Gasteiger partial charge in [0, 0.05) is 23.8 Å². The first-order valence-corrected chi connectivity index (χ1v) is 7.19. The summed E-state index contributed by atoms with van der Waals surface area (Å²) in [5.74, 6) is 0. The summed E-state index contributed by atoms with van der Waals surface area (Å²) < 4.78 is 25.9. The van der Waals surface area contributed by atoms with E-state index in [9.17, 15) is 8.42 Å². The van der Waals surface area contributed by atoms with Crippen molar-refractivity contribution in [2.75, 3.05) is 12.8 Å². The Morgan fingerprint density at radius 2 is 2.00 bits per heavy atom. The van der Waals surface area contributed by atoms with Crippen molar-refractivity contribution in [3.63, 3.8) is 0 Å². The van der Waals surface area contributed by atoms with Gasteiger partial charge in [-0.3, -0.25) is 0 Å². The zero-order valence-corrected chi connectivity index (χ0v) is 11.3. The molecule has 0 heterocycles. The van der Waals surface area contributed by atoms with Gasteiger partial charge in [-0.1, -0.05) is 11.6 Å². The number of rotatable bonds is 3. The molecule has 0 bridgehead atoms. The van der Waals surface area contributed by atoms with E-state index in [1.54, 1.807) is 14.0 Å². The van der Waals surface area contributed by atoms with Crippen molar-refractivity contribution >= 4 is 27.3 Å². The Morgan fingerprint density at radius 3 is 2.47 bits per heavy atom. The van der Waals surface area contributed by atoms with Crippen LogP contribution in [0.2, 0.25) is 5.02 Å². The number of halogens is 1. The molecule has 0 spiro atoms. The molecule has 0 saturated heterocycles. The molecule has 0 amide bonds. The van der Waals surface area contributed by atoms with Crippen molar-refractivity contribution in [1.82, 2.24) is 4.31 Å². The molecule has 0 atom stereocenters. The third-order valence-corrected chi connectivity index (χ3v) is 5.38. The highest BCUT2D eigenvalue weighted by Crippen LogP contribution is 2.33. The quantitative estimate of drug-likeness (QED) is 0.858. The molecule has 1 aromatic carbocycles. The van der Waals surface area contributed by atoms with Gasteiger partial charge < -0.3 is 5.73 Å². The molecule has 0 unspecified atom stereocenters. The second-order valence-corrected chi connectivity index (χ2v) is 6.78. The molecule has 17 heavy (non-hydrogen) atoms. The minimum Gasteiger partial charge on any atom is -0.398 e. The maximum atomic E-state index is 12.2. The fraction of sp³-hybridized carbons (Fsp3) is 0.455. The molecule has 2 N–H and O–H groups in total. The van der Waals surface area contributed by atoms with Crippen LogP contribution in [0.25, 0.3) is 0 Å². The second-order valence-electron chi connectivity index (χ2n) is 4.37. The van der Waals surface area contributed by atoms with Crippen LogP contribution in [0.15, 0.2) is 17.0 Å². The van der Waals surface area contributed by atoms with E-state index in [0.29, 0.717) is 16.3 Å². The van der Waals surface area contributed by atoms with Crippen molar-refractivity contribution in [2.24, 2.45) is 0 Å². The number of sulfonamides is 1. The van der Waals surface area contributed by atoms with Crippen LogP contribution in [0.4, 0.5) is 5.69 Å². The smallest absolute Gasteiger partial charge is 0.243 e. The molecule has 1 aliphatic carbocycles. The molecule has 1 fully saturated rings. The number of hydrogen-bond acceptors (Lipinski definition) is 3. The molecule has 94 valence electrons. The fourth-order valence-electron chi connectivity index (χ4n) is 1.62. The number of nitrogens with two attached hydrogens (primary N) is 1. The standard InChI is InChI=1S/C11H15ClN2O2S/c1-7-10(12)5-9(6-11(7)13)17(15,16)14(2)8-3-4-8/h5-6,8H,3-4,13H2,1-2H3. The summed E-state index contributed by atoms with van der Waals surface area (Å²) in [7, 11) is -1.87. The topological polar surface area (TPSA) is 63.4 Å². The first-order chi connectivity index (χ1) is 7.84. The van der Waals surface area contributed by atoms with Crippen LogP contribution in [0.3, 0.4) is 0 Å². The first kappa shape index (κ1) is 12.7. The largest absolute Gasteiger partial charge is 0.398 e. The number of anilines is 1. The van der Waals surface area contributed by atoms with Crippen LogP contribution in [0.1, 0.15) is 18.4 Å². The summed E-state index contributed by atoms with van der Waals surface area (Å²) in [5, 5.41) is 0.382. The summed E-state index contributed by atoms with van der Waals surface area (Å²) in [6.45, 7) is 1.76. The van der Waals surface area contributed by atoms with E-state index in [1.165, 1.54) is 16.4 Å². The van der Waals surface area contributed by atoms with Crippen molar-refractivity contribution in [2.45, 2.75) is 30.7 Å². The second kappa shape index (κ2) is 4.15. The van der Waals surface area contributed by atoms with Crippen LogP contribution >= 0.6 is 11.6 Å². The number of benzene rings is 1. The summed E-state index contributed by atoms with van der Waals surface area (Å²) in [6.07, 6.45) is 1.84. The summed E-state index contributed by atoms with van der Waals surface area (Å²) in [5.41, 5.74) is 6.85. The molecule has 0 aliphatic heterocycles. The molecule has 6 heteroatoms. The number of nitrogen functional groups attached to an aromatic ring is 1. The van der Waals surface area contributed by atoms with E-state index in [1.807, 2.05) is 0 Å². The van der Waals surface area contributed by atoms with Crippen molar-refractivity contribution in [1.29, 1.82) is 0 Å². The minimum atomic E-state index is -3.47. The lowest BCUT2D eigenvalue weighted by atomic mass is 10.2. The molecule has 1 aromatic rings. The molecule has 4 nitrogen and oxygen atoms in total. The highest BCUT2D eigenvalue weighted by Gasteiger charge is 2.35. The van der Waals surface area contributed by atoms with Gasteiger partial charge in [-0.15, -0.1) is 0 Å². The van der Waals surface area contributed by atoms with Crippen molar-refractivity contribution < 1.29 is 8.42 Å². The maximum Gasteiger partial charge on any atom is 0.243 e. The Hall–Kier alpha value is -0.780. The normalized spacial score (nSPS) is 16.5. The average Bonchev–Trinajstić information content (AvgIpc) is 3.07. The van der Waals surface area contributed by atoms with Crippen LogP contribution in [-0.2, 0) is 10.0 Å². The molecular weight excluding hydrogens is 260 g/mol. The van der Waals surface area contributed by atoms with E-state index in [2.05, 4.69) is 0 Å². The predicted molar refractivity (Wildman–Crippen MR) is 68.6 cm³/mol. The Labute approximate surface area is 106 Å². The lowest BCUT2D eigenvalue weighted by Gasteiger charge is -2.17. The van der Waals surface area contributed by atoms with Crippen molar-refractivity contribution in [3.8, 4) is 0 Å². The lowest BCUT2D eigenvalue weighted by molar-refractivity contribution is 0.464. The van der Waals surface area contributed by atoms with Gasteiger partial charge in [-0.05, 0) is 37.5 Å². The van der Waals surface area contributed by atoms with E-state index in [0.717, 1.165) is 12.8 Å². The van der Waals surface area contributed by atoms with Crippen molar-refractivity contribution in [3.05, 3.63) is 22.7 Å². The van der Waals surface area contributed by atoms with Gasteiger partial charge in [-0.25, -0.2) is 8.42 Å². The van der Waals surface area contributed by atoms with Gasteiger partial charge in [0.2, 0.25) is 10.0 Å². The van der Waals surface area contributed by atoms with Gasteiger partial charge in [-0.2, -0.15) is 4.31 Å². The van der Waals surface area contributed by atoms with E-state index in [-0.39, 0.29) is 10.9 Å². The van der Waals surface area contributed by atoms with Crippen LogP contribution < -0.4 is 5.73 Å². The molecule has 1 aliphatic rings. The highest BCUT2D eigenvalue weighted by molar-refractivity contribution is 7.89. The van der Waals surface area contributed by atoms with Gasteiger partial charge >= 0.3 is 0 Å². The van der Waals surface area contributed by atoms with E-state index < -0.39 is 10.0 Å². The Balaban J connectivity index is 2.46. The Morgan fingerprint density at radius 1 is 1.41 bits per heavy atom. The zero-order chi connectivity index (χ0) is 12.8. The summed E-state index contributed by atoms with van der Waals surface area (Å²) in [6, 6.07) is 3.05. The molecule has 0 radical (unpaired) electrons. The van der Waals surface area contributed by atoms with E-state index in [4.69, 9.17) is 17.3 Å². The van der Waals surface area contributed by atoms with Crippen LogP contribution in [0.5, 0.6) is 0 Å². The summed E-state index contributed by atoms with van der Waals surface area (Å²) in [4.78, 5) is 0.167. The molecule has 2 rings (SSSR count). The monoisotopic (exact) mass is 274 g/mol. The molecular formula is C11H15ClN2O2S. The Kier molecular flexibility index (Phi) is 3.10. The van der Waals surface area contributed by atoms with E-state index >= 15 is 0 Å². The third kappa shape index (κ3) is 2.27. The number of nitrogens with zero attached hydrogens (tertiary/aromatic N) is 1. The average molecular weight is 275 g/mol. The van der Waals surface area contributed by atoms with Gasteiger partial charge in [0.1, 0.15) is 0 Å². The maximum absolute atomic E-state index is 12.2. The Bertz CT molecular complexity index is 530. The van der Waals surface area contributed by atoms with Crippen LogP contribution in [-0.4, -0.2) is 25.8 Å². The SMILES string of the molecule is Cc1c(N)cc(S(=O)(=O)N(C)C2CC2)cc1Cl. The first-order valence-electron chi connectivity index (χ1n) is 5.37. The van der Waals surface area contributed by atoms with Gasteiger partial charge in [0.15, 0.2) is 0 Å². The lowest BCUT2D eigenvalue weighted by Crippen LogP contribution is -2.29. The predicted octanol–water partition coefficient (Wildman–Crippen LogP) is 2.01. The van der Waals surface area contributed by atoms with Crippen LogP contribution in [0, 0.1) is 6.92 Å². The highest BCUT2D eigenvalue weighted by atomic mass is 35.5. The minimum absolute atomic E-state index is 0.126. The fourth-order valence-corrected chi connectivity index (χ4v) is 3.39. The summed E-state index contributed by atoms with van der Waals surface area (Å²) >= 11 is 5.96. The molecule has 0 aromatic heterocycles. The van der Waals surface area contributed by atoms with Gasteiger partial charge in [0.25, 0.3) is 0 Å². The number of hydrogen-bond donors (Lipinski definition) is 1. The zero-order valence-electron chi connectivity index (χ0n) is 9.77. The van der Waals surface area contributed by atoms with Gasteiger partial charge in [0.05, 0.1) is 4.90 Å².